The molecule has 1 rings (SSSR count). The number of nitrogens with two attached hydrogens (primary N) is 1. The Hall–Kier alpha value is -0.860. The molecule has 96 valence electrons. The van der Waals surface area contributed by atoms with Gasteiger partial charge in [-0.05, 0) is 49.8 Å². The predicted octanol–water partition coefficient (Wildman–Crippen LogP) is 2.66. The van der Waals surface area contributed by atoms with E-state index in [2.05, 4.69) is 38.1 Å². The molecule has 0 aliphatic rings. The molecule has 2 nitrogen and oxygen atoms in total. The van der Waals surface area contributed by atoms with Crippen LogP contribution in [0.15, 0.2) is 24.3 Å². The summed E-state index contributed by atoms with van der Waals surface area (Å²) in [5, 5.41) is 10.1. The monoisotopic (exact) mass is 235 g/mol. The SMILES string of the molecule is CCCC(CN)C(O)CCc1ccccc1C. The first-order chi connectivity index (χ1) is 8.19. The molecule has 0 bridgehead atoms. The van der Waals surface area contributed by atoms with E-state index in [0.717, 1.165) is 25.7 Å². The van der Waals surface area contributed by atoms with E-state index in [9.17, 15) is 5.11 Å². The van der Waals surface area contributed by atoms with Gasteiger partial charge in [0.05, 0.1) is 6.10 Å². The highest BCUT2D eigenvalue weighted by Gasteiger charge is 2.16. The van der Waals surface area contributed by atoms with Crippen molar-refractivity contribution in [2.75, 3.05) is 6.54 Å². The summed E-state index contributed by atoms with van der Waals surface area (Å²) in [6, 6.07) is 8.36. The molecule has 2 heteroatoms. The normalized spacial score (nSPS) is 14.6. The fourth-order valence-corrected chi connectivity index (χ4v) is 2.27. The molecular weight excluding hydrogens is 210 g/mol. The molecule has 2 atom stereocenters. The van der Waals surface area contributed by atoms with E-state index in [1.54, 1.807) is 0 Å². The van der Waals surface area contributed by atoms with Crippen molar-refractivity contribution >= 4 is 0 Å². The Labute approximate surface area is 105 Å². The zero-order valence-electron chi connectivity index (χ0n) is 11.0. The molecule has 0 fully saturated rings. The highest BCUT2D eigenvalue weighted by Crippen LogP contribution is 2.17. The maximum Gasteiger partial charge on any atom is 0.0583 e. The lowest BCUT2D eigenvalue weighted by atomic mass is 9.92. The van der Waals surface area contributed by atoms with Crippen LogP contribution in [0.4, 0.5) is 0 Å². The number of hydrogen-bond donors (Lipinski definition) is 2. The highest BCUT2D eigenvalue weighted by molar-refractivity contribution is 5.25. The minimum Gasteiger partial charge on any atom is -0.393 e. The van der Waals surface area contributed by atoms with E-state index >= 15 is 0 Å². The number of aryl methyl sites for hydroxylation is 2. The van der Waals surface area contributed by atoms with Crippen molar-refractivity contribution in [3.05, 3.63) is 35.4 Å². The van der Waals surface area contributed by atoms with E-state index in [-0.39, 0.29) is 12.0 Å². The third-order valence-corrected chi connectivity index (χ3v) is 3.48. The first-order valence-corrected chi connectivity index (χ1v) is 6.61. The van der Waals surface area contributed by atoms with Gasteiger partial charge in [-0.15, -0.1) is 0 Å². The van der Waals surface area contributed by atoms with Gasteiger partial charge in [0.25, 0.3) is 0 Å². The Morgan fingerprint density at radius 2 is 1.94 bits per heavy atom. The van der Waals surface area contributed by atoms with Crippen molar-refractivity contribution in [1.29, 1.82) is 0 Å². The van der Waals surface area contributed by atoms with Crippen LogP contribution in [0.3, 0.4) is 0 Å². The minimum atomic E-state index is -0.264. The third kappa shape index (κ3) is 4.49. The number of aliphatic hydroxyl groups is 1. The van der Waals surface area contributed by atoms with Crippen molar-refractivity contribution in [3.8, 4) is 0 Å². The molecule has 1 aromatic rings. The second-order valence-corrected chi connectivity index (χ2v) is 4.82. The van der Waals surface area contributed by atoms with Crippen molar-refractivity contribution in [2.45, 2.75) is 45.6 Å². The summed E-state index contributed by atoms with van der Waals surface area (Å²) in [6.07, 6.45) is 3.59. The first-order valence-electron chi connectivity index (χ1n) is 6.61. The molecule has 3 N–H and O–H groups in total. The lowest BCUT2D eigenvalue weighted by Gasteiger charge is -2.21. The maximum atomic E-state index is 10.1. The Balaban J connectivity index is 2.47. The molecule has 2 unspecified atom stereocenters. The van der Waals surface area contributed by atoms with Crippen LogP contribution in [0.25, 0.3) is 0 Å². The van der Waals surface area contributed by atoms with Crippen LogP contribution in [0.5, 0.6) is 0 Å². The van der Waals surface area contributed by atoms with E-state index in [0.29, 0.717) is 6.54 Å². The average molecular weight is 235 g/mol. The lowest BCUT2D eigenvalue weighted by Crippen LogP contribution is -2.28. The summed E-state index contributed by atoms with van der Waals surface area (Å²) in [5.41, 5.74) is 8.34. The fourth-order valence-electron chi connectivity index (χ4n) is 2.27. The van der Waals surface area contributed by atoms with Gasteiger partial charge in [0, 0.05) is 0 Å². The summed E-state index contributed by atoms with van der Waals surface area (Å²) in [6.45, 7) is 4.84. The van der Waals surface area contributed by atoms with Gasteiger partial charge in [-0.3, -0.25) is 0 Å². The van der Waals surface area contributed by atoms with Crippen molar-refractivity contribution < 1.29 is 5.11 Å². The Bertz CT molecular complexity index is 324. The minimum absolute atomic E-state index is 0.254. The average Bonchev–Trinajstić information content (AvgIpc) is 2.34. The van der Waals surface area contributed by atoms with E-state index in [1.165, 1.54) is 11.1 Å². The van der Waals surface area contributed by atoms with E-state index in [1.807, 2.05) is 0 Å². The van der Waals surface area contributed by atoms with Gasteiger partial charge in [0.2, 0.25) is 0 Å². The fraction of sp³-hybridized carbons (Fsp3) is 0.600. The summed E-state index contributed by atoms with van der Waals surface area (Å²) >= 11 is 0. The molecule has 0 aromatic heterocycles. The maximum absolute atomic E-state index is 10.1. The van der Waals surface area contributed by atoms with Gasteiger partial charge < -0.3 is 10.8 Å². The molecule has 17 heavy (non-hydrogen) atoms. The molecule has 0 heterocycles. The number of aliphatic hydroxyl groups excluding tert-OH is 1. The molecule has 0 spiro atoms. The van der Waals surface area contributed by atoms with Crippen molar-refractivity contribution in [1.82, 2.24) is 0 Å². The van der Waals surface area contributed by atoms with Crippen molar-refractivity contribution in [2.24, 2.45) is 11.7 Å². The second-order valence-electron chi connectivity index (χ2n) is 4.82. The van der Waals surface area contributed by atoms with Gasteiger partial charge in [0.1, 0.15) is 0 Å². The van der Waals surface area contributed by atoms with Crippen LogP contribution in [0.1, 0.15) is 37.3 Å². The highest BCUT2D eigenvalue weighted by atomic mass is 16.3. The smallest absolute Gasteiger partial charge is 0.0583 e. The lowest BCUT2D eigenvalue weighted by molar-refractivity contribution is 0.0976. The summed E-state index contributed by atoms with van der Waals surface area (Å²) in [7, 11) is 0. The van der Waals surface area contributed by atoms with Crippen molar-refractivity contribution in [3.63, 3.8) is 0 Å². The number of benzene rings is 1. The van der Waals surface area contributed by atoms with E-state index < -0.39 is 0 Å². The van der Waals surface area contributed by atoms with E-state index in [4.69, 9.17) is 5.73 Å². The molecule has 1 aromatic carbocycles. The summed E-state index contributed by atoms with van der Waals surface area (Å²) < 4.78 is 0. The van der Waals surface area contributed by atoms with Crippen LogP contribution < -0.4 is 5.73 Å². The number of rotatable bonds is 7. The third-order valence-electron chi connectivity index (χ3n) is 3.48. The molecular formula is C15H25NO. The summed E-state index contributed by atoms with van der Waals surface area (Å²) in [5.74, 6) is 0.254. The summed E-state index contributed by atoms with van der Waals surface area (Å²) in [4.78, 5) is 0. The molecule has 0 aliphatic heterocycles. The molecule has 0 amide bonds. The largest absolute Gasteiger partial charge is 0.393 e. The molecule has 0 saturated heterocycles. The zero-order valence-corrected chi connectivity index (χ0v) is 11.0. The zero-order chi connectivity index (χ0) is 12.7. The molecule has 0 radical (unpaired) electrons. The van der Waals surface area contributed by atoms with Crippen LogP contribution in [0.2, 0.25) is 0 Å². The topological polar surface area (TPSA) is 46.2 Å². The first kappa shape index (κ1) is 14.2. The van der Waals surface area contributed by atoms with Gasteiger partial charge in [-0.2, -0.15) is 0 Å². The Morgan fingerprint density at radius 1 is 1.24 bits per heavy atom. The number of hydrogen-bond acceptors (Lipinski definition) is 2. The predicted molar refractivity (Wildman–Crippen MR) is 73.0 cm³/mol. The van der Waals surface area contributed by atoms with Crippen LogP contribution in [-0.2, 0) is 6.42 Å². The van der Waals surface area contributed by atoms with Crippen LogP contribution in [0, 0.1) is 12.8 Å². The molecule has 0 aliphatic carbocycles. The van der Waals surface area contributed by atoms with Crippen LogP contribution >= 0.6 is 0 Å². The Kier molecular flexibility index (Phi) is 6.23. The van der Waals surface area contributed by atoms with Gasteiger partial charge in [0.15, 0.2) is 0 Å². The standard InChI is InChI=1S/C15H25NO/c1-3-6-14(11-16)15(17)10-9-13-8-5-4-7-12(13)2/h4-5,7-8,14-15,17H,3,6,9-11,16H2,1-2H3. The van der Waals surface area contributed by atoms with Gasteiger partial charge >= 0.3 is 0 Å². The Morgan fingerprint density at radius 3 is 2.53 bits per heavy atom. The van der Waals surface area contributed by atoms with Crippen LogP contribution in [-0.4, -0.2) is 17.8 Å². The second kappa shape index (κ2) is 7.46. The molecule has 0 saturated carbocycles. The van der Waals surface area contributed by atoms with Gasteiger partial charge in [-0.25, -0.2) is 0 Å². The van der Waals surface area contributed by atoms with Gasteiger partial charge in [-0.1, -0.05) is 37.6 Å². The quantitative estimate of drug-likeness (QED) is 0.763.